The lowest BCUT2D eigenvalue weighted by Crippen LogP contribution is -2.21. The lowest BCUT2D eigenvalue weighted by Gasteiger charge is -2.12. The van der Waals surface area contributed by atoms with Crippen molar-refractivity contribution in [3.63, 3.8) is 0 Å². The summed E-state index contributed by atoms with van der Waals surface area (Å²) in [4.78, 5) is 11.5. The summed E-state index contributed by atoms with van der Waals surface area (Å²) in [6, 6.07) is 0. The summed E-state index contributed by atoms with van der Waals surface area (Å²) in [5.74, 6) is -0.548. The van der Waals surface area contributed by atoms with Gasteiger partial charge in [-0.25, -0.2) is 0 Å². The maximum absolute atomic E-state index is 11.5. The van der Waals surface area contributed by atoms with Gasteiger partial charge in [0.15, 0.2) is 0 Å². The monoisotopic (exact) mass is 216 g/mol. The summed E-state index contributed by atoms with van der Waals surface area (Å²) in [6.45, 7) is 4.59. The van der Waals surface area contributed by atoms with E-state index in [-0.39, 0.29) is 18.5 Å². The van der Waals surface area contributed by atoms with Crippen LogP contribution >= 0.6 is 0 Å². The van der Waals surface area contributed by atoms with Gasteiger partial charge in [0.25, 0.3) is 0 Å². The van der Waals surface area contributed by atoms with Crippen LogP contribution in [0, 0.1) is 5.92 Å². The van der Waals surface area contributed by atoms with E-state index in [9.17, 15) is 4.79 Å². The molecule has 0 saturated carbocycles. The first kappa shape index (κ1) is 14.4. The average molecular weight is 216 g/mol. The topological polar surface area (TPSA) is 46.5 Å². The van der Waals surface area contributed by atoms with Crippen LogP contribution in [0.4, 0.5) is 0 Å². The molecular formula is C12H24O3. The van der Waals surface area contributed by atoms with Crippen molar-refractivity contribution in [3.05, 3.63) is 0 Å². The number of hydrogen-bond acceptors (Lipinski definition) is 3. The molecule has 0 radical (unpaired) electrons. The van der Waals surface area contributed by atoms with E-state index in [1.807, 2.05) is 0 Å². The van der Waals surface area contributed by atoms with Crippen LogP contribution in [0.2, 0.25) is 0 Å². The molecule has 3 nitrogen and oxygen atoms in total. The number of aliphatic hydroxyl groups excluding tert-OH is 1. The largest absolute Gasteiger partial charge is 0.465 e. The number of esters is 1. The molecule has 0 aliphatic heterocycles. The highest BCUT2D eigenvalue weighted by molar-refractivity contribution is 5.72. The van der Waals surface area contributed by atoms with Crippen LogP contribution < -0.4 is 0 Å². The van der Waals surface area contributed by atoms with Crippen molar-refractivity contribution >= 4 is 5.97 Å². The van der Waals surface area contributed by atoms with E-state index in [1.54, 1.807) is 0 Å². The van der Waals surface area contributed by atoms with Gasteiger partial charge >= 0.3 is 5.97 Å². The molecule has 0 aromatic rings. The number of unbranched alkanes of at least 4 members (excludes halogenated alkanes) is 3. The Morgan fingerprint density at radius 1 is 1.20 bits per heavy atom. The van der Waals surface area contributed by atoms with Crippen molar-refractivity contribution in [2.75, 3.05) is 13.2 Å². The first-order valence-corrected chi connectivity index (χ1v) is 6.03. The molecule has 0 rings (SSSR count). The van der Waals surface area contributed by atoms with Crippen LogP contribution in [-0.4, -0.2) is 24.3 Å². The highest BCUT2D eigenvalue weighted by atomic mass is 16.5. The van der Waals surface area contributed by atoms with Gasteiger partial charge in [-0.3, -0.25) is 4.79 Å². The Labute approximate surface area is 92.8 Å². The third-order valence-corrected chi connectivity index (χ3v) is 2.45. The smallest absolute Gasteiger partial charge is 0.311 e. The molecule has 1 atom stereocenters. The first-order valence-electron chi connectivity index (χ1n) is 6.03. The zero-order valence-corrected chi connectivity index (χ0v) is 10.00. The van der Waals surface area contributed by atoms with Gasteiger partial charge in [-0.1, -0.05) is 39.5 Å². The quantitative estimate of drug-likeness (QED) is 0.476. The minimum absolute atomic E-state index is 0.0907. The van der Waals surface area contributed by atoms with Gasteiger partial charge in [-0.2, -0.15) is 0 Å². The van der Waals surface area contributed by atoms with Crippen LogP contribution in [0.5, 0.6) is 0 Å². The van der Waals surface area contributed by atoms with Crippen LogP contribution in [0.25, 0.3) is 0 Å². The molecule has 0 spiro atoms. The average Bonchev–Trinajstić information content (AvgIpc) is 2.25. The molecular weight excluding hydrogens is 192 g/mol. The summed E-state index contributed by atoms with van der Waals surface area (Å²) in [7, 11) is 0. The fourth-order valence-corrected chi connectivity index (χ4v) is 1.38. The summed E-state index contributed by atoms with van der Waals surface area (Å²) >= 11 is 0. The zero-order chi connectivity index (χ0) is 11.5. The second-order valence-corrected chi connectivity index (χ2v) is 3.90. The molecule has 15 heavy (non-hydrogen) atoms. The molecule has 0 amide bonds. The number of carbonyl (C=O) groups excluding carboxylic acids is 1. The van der Waals surface area contributed by atoms with Gasteiger partial charge in [0, 0.05) is 0 Å². The van der Waals surface area contributed by atoms with Gasteiger partial charge < -0.3 is 9.84 Å². The van der Waals surface area contributed by atoms with Gasteiger partial charge in [0.05, 0.1) is 19.1 Å². The number of carbonyl (C=O) groups is 1. The Kier molecular flexibility index (Phi) is 9.59. The maximum Gasteiger partial charge on any atom is 0.311 e. The van der Waals surface area contributed by atoms with E-state index in [0.717, 1.165) is 38.5 Å². The molecule has 0 aliphatic carbocycles. The van der Waals surface area contributed by atoms with Crippen molar-refractivity contribution < 1.29 is 14.6 Å². The number of ether oxygens (including phenoxy) is 1. The van der Waals surface area contributed by atoms with E-state index in [0.29, 0.717) is 6.61 Å². The molecule has 0 aliphatic rings. The Bertz CT molecular complexity index is 157. The Balaban J connectivity index is 3.63. The van der Waals surface area contributed by atoms with Crippen LogP contribution in [0.1, 0.15) is 52.4 Å². The van der Waals surface area contributed by atoms with Crippen LogP contribution in [-0.2, 0) is 9.53 Å². The summed E-state index contributed by atoms with van der Waals surface area (Å²) < 4.78 is 5.10. The van der Waals surface area contributed by atoms with Crippen molar-refractivity contribution in [2.45, 2.75) is 52.4 Å². The van der Waals surface area contributed by atoms with Gasteiger partial charge in [0.2, 0.25) is 0 Å². The molecule has 0 heterocycles. The van der Waals surface area contributed by atoms with E-state index >= 15 is 0 Å². The highest BCUT2D eigenvalue weighted by Crippen LogP contribution is 2.10. The lowest BCUT2D eigenvalue weighted by atomic mass is 10.0. The van der Waals surface area contributed by atoms with Crippen molar-refractivity contribution in [1.29, 1.82) is 0 Å². The standard InChI is InChI=1S/C12H24O3/c1-3-5-7-9-15-12(14)11(10-13)8-6-4-2/h11,13H,3-10H2,1-2H3. The van der Waals surface area contributed by atoms with Crippen LogP contribution in [0.3, 0.4) is 0 Å². The maximum atomic E-state index is 11.5. The molecule has 3 heteroatoms. The third-order valence-electron chi connectivity index (χ3n) is 2.45. The van der Waals surface area contributed by atoms with Crippen LogP contribution in [0.15, 0.2) is 0 Å². The lowest BCUT2D eigenvalue weighted by molar-refractivity contribution is -0.150. The third kappa shape index (κ3) is 7.37. The van der Waals surface area contributed by atoms with Crippen molar-refractivity contribution in [3.8, 4) is 0 Å². The predicted molar refractivity (Wildman–Crippen MR) is 60.6 cm³/mol. The molecule has 1 unspecified atom stereocenters. The summed E-state index contributed by atoms with van der Waals surface area (Å²) in [5.41, 5.74) is 0. The van der Waals surface area contributed by atoms with Gasteiger partial charge in [-0.05, 0) is 12.8 Å². The zero-order valence-electron chi connectivity index (χ0n) is 10.00. The molecule has 1 N–H and O–H groups in total. The van der Waals surface area contributed by atoms with E-state index in [4.69, 9.17) is 9.84 Å². The first-order chi connectivity index (χ1) is 7.26. The van der Waals surface area contributed by atoms with E-state index in [1.165, 1.54) is 0 Å². The fourth-order valence-electron chi connectivity index (χ4n) is 1.38. The number of rotatable bonds is 9. The van der Waals surface area contributed by atoms with Crippen molar-refractivity contribution in [1.82, 2.24) is 0 Å². The molecule has 0 aromatic heterocycles. The predicted octanol–water partition coefficient (Wildman–Crippen LogP) is 2.52. The molecule has 0 bridgehead atoms. The highest BCUT2D eigenvalue weighted by Gasteiger charge is 2.17. The molecule has 0 aromatic carbocycles. The molecule has 0 saturated heterocycles. The van der Waals surface area contributed by atoms with E-state index < -0.39 is 0 Å². The Hall–Kier alpha value is -0.570. The minimum Gasteiger partial charge on any atom is -0.465 e. The second kappa shape index (κ2) is 9.97. The minimum atomic E-state index is -0.313. The molecule has 90 valence electrons. The number of aliphatic hydroxyl groups is 1. The summed E-state index contributed by atoms with van der Waals surface area (Å²) in [5, 5.41) is 9.02. The Morgan fingerprint density at radius 3 is 2.40 bits per heavy atom. The van der Waals surface area contributed by atoms with Gasteiger partial charge in [-0.15, -0.1) is 0 Å². The Morgan fingerprint density at radius 2 is 1.87 bits per heavy atom. The van der Waals surface area contributed by atoms with Crippen molar-refractivity contribution in [2.24, 2.45) is 5.92 Å². The normalized spacial score (nSPS) is 12.5. The SMILES string of the molecule is CCCCCOC(=O)C(CO)CCCC. The molecule has 0 fully saturated rings. The van der Waals surface area contributed by atoms with Gasteiger partial charge in [0.1, 0.15) is 0 Å². The van der Waals surface area contributed by atoms with E-state index in [2.05, 4.69) is 13.8 Å². The fraction of sp³-hybridized carbons (Fsp3) is 0.917. The summed E-state index contributed by atoms with van der Waals surface area (Å²) in [6.07, 6.45) is 5.88. The second-order valence-electron chi connectivity index (χ2n) is 3.90. The number of hydrogen-bond donors (Lipinski definition) is 1.